The molecule has 0 aromatic heterocycles. The van der Waals surface area contributed by atoms with E-state index in [1.165, 1.54) is 4.90 Å². The van der Waals surface area contributed by atoms with Crippen LogP contribution in [0, 0.1) is 0 Å². The number of carboxylic acid groups (broad SMARTS) is 1. The summed E-state index contributed by atoms with van der Waals surface area (Å²) in [7, 11) is 1.57. The lowest BCUT2D eigenvalue weighted by molar-refractivity contribution is -0.159. The van der Waals surface area contributed by atoms with E-state index in [2.05, 4.69) is 0 Å². The summed E-state index contributed by atoms with van der Waals surface area (Å²) in [5, 5.41) is 9.11. The highest BCUT2D eigenvalue weighted by molar-refractivity contribution is 6.31. The summed E-state index contributed by atoms with van der Waals surface area (Å²) < 4.78 is 11.3. The number of hydrogen-bond acceptors (Lipinski definition) is 4. The first-order chi connectivity index (χ1) is 10.6. The maximum absolute atomic E-state index is 12.1. The summed E-state index contributed by atoms with van der Waals surface area (Å²) in [6.07, 6.45) is 3.47. The molecule has 2 aliphatic rings. The highest BCUT2D eigenvalue weighted by Crippen LogP contribution is 2.35. The van der Waals surface area contributed by atoms with Gasteiger partial charge in [-0.2, -0.15) is 0 Å². The number of nitrogens with zero attached hydrogens (tertiary/aromatic N) is 1. The molecule has 6 nitrogen and oxygen atoms in total. The number of rotatable bonds is 1. The standard InChI is InChI=1S/C16H19NO5/c1-21-11-6-7-13-10(8-11)9-17(15(18)16(19)20)12-4-2-3-5-14(12)22-13/h6-8,12,14H,2-5,9H2,1H3,(H,19,20). The zero-order valence-corrected chi connectivity index (χ0v) is 12.4. The van der Waals surface area contributed by atoms with E-state index < -0.39 is 11.9 Å². The maximum Gasteiger partial charge on any atom is 0.394 e. The lowest BCUT2D eigenvalue weighted by atomic mass is 9.91. The van der Waals surface area contributed by atoms with Crippen LogP contribution in [0.4, 0.5) is 0 Å². The van der Waals surface area contributed by atoms with Crippen LogP contribution < -0.4 is 9.47 Å². The molecule has 1 aliphatic carbocycles. The van der Waals surface area contributed by atoms with Crippen molar-refractivity contribution in [3.05, 3.63) is 23.8 Å². The molecule has 6 heteroatoms. The predicted molar refractivity (Wildman–Crippen MR) is 77.9 cm³/mol. The molecule has 1 aliphatic heterocycles. The van der Waals surface area contributed by atoms with Gasteiger partial charge >= 0.3 is 11.9 Å². The fraction of sp³-hybridized carbons (Fsp3) is 0.500. The third kappa shape index (κ3) is 2.61. The first-order valence-corrected chi connectivity index (χ1v) is 7.47. The minimum absolute atomic E-state index is 0.147. The molecule has 1 amide bonds. The molecule has 0 radical (unpaired) electrons. The fourth-order valence-electron chi connectivity index (χ4n) is 3.30. The van der Waals surface area contributed by atoms with Crippen LogP contribution in [0.5, 0.6) is 11.5 Å². The Bertz CT molecular complexity index is 600. The summed E-state index contributed by atoms with van der Waals surface area (Å²) in [5.74, 6) is -0.917. The van der Waals surface area contributed by atoms with Gasteiger partial charge in [-0.15, -0.1) is 0 Å². The third-order valence-electron chi connectivity index (χ3n) is 4.40. The molecule has 1 saturated carbocycles. The van der Waals surface area contributed by atoms with Gasteiger partial charge in [0.15, 0.2) is 0 Å². The Kier molecular flexibility index (Phi) is 3.92. The third-order valence-corrected chi connectivity index (χ3v) is 4.40. The van der Waals surface area contributed by atoms with E-state index in [9.17, 15) is 9.59 Å². The largest absolute Gasteiger partial charge is 0.497 e. The molecule has 1 N–H and O–H groups in total. The summed E-state index contributed by atoms with van der Waals surface area (Å²) >= 11 is 0. The second kappa shape index (κ2) is 5.87. The Labute approximate surface area is 128 Å². The normalized spacial score (nSPS) is 23.6. The highest BCUT2D eigenvalue weighted by Gasteiger charge is 2.39. The lowest BCUT2D eigenvalue weighted by Crippen LogP contribution is -2.50. The Balaban J connectivity index is 2.00. The van der Waals surface area contributed by atoms with Gasteiger partial charge in [-0.3, -0.25) is 4.79 Å². The zero-order chi connectivity index (χ0) is 15.7. The van der Waals surface area contributed by atoms with Crippen molar-refractivity contribution in [1.82, 2.24) is 4.90 Å². The van der Waals surface area contributed by atoms with Gasteiger partial charge < -0.3 is 19.5 Å². The highest BCUT2D eigenvalue weighted by atomic mass is 16.5. The van der Waals surface area contributed by atoms with Crippen LogP contribution in [-0.2, 0) is 16.1 Å². The van der Waals surface area contributed by atoms with Crippen molar-refractivity contribution in [3.63, 3.8) is 0 Å². The second-order valence-corrected chi connectivity index (χ2v) is 5.72. The second-order valence-electron chi connectivity index (χ2n) is 5.72. The van der Waals surface area contributed by atoms with Crippen LogP contribution >= 0.6 is 0 Å². The number of carboxylic acids is 1. The van der Waals surface area contributed by atoms with Crippen LogP contribution in [0.2, 0.25) is 0 Å². The van der Waals surface area contributed by atoms with Crippen molar-refractivity contribution in [1.29, 1.82) is 0 Å². The van der Waals surface area contributed by atoms with E-state index in [1.54, 1.807) is 13.2 Å². The average molecular weight is 305 g/mol. The number of fused-ring (bicyclic) bond motifs is 2. The Morgan fingerprint density at radius 2 is 2.09 bits per heavy atom. The number of ether oxygens (including phenoxy) is 2. The minimum Gasteiger partial charge on any atom is -0.497 e. The Morgan fingerprint density at radius 3 is 2.82 bits per heavy atom. The van der Waals surface area contributed by atoms with Crippen molar-refractivity contribution in [2.24, 2.45) is 0 Å². The Morgan fingerprint density at radius 1 is 1.32 bits per heavy atom. The molecule has 0 bridgehead atoms. The molecule has 0 spiro atoms. The summed E-state index contributed by atoms with van der Waals surface area (Å²) in [5.41, 5.74) is 0.781. The number of carbonyl (C=O) groups excluding carboxylic acids is 1. The Hall–Kier alpha value is -2.24. The van der Waals surface area contributed by atoms with Gasteiger partial charge in [-0.05, 0) is 37.5 Å². The summed E-state index contributed by atoms with van der Waals surface area (Å²) in [6, 6.07) is 5.25. The molecule has 1 aromatic carbocycles. The van der Waals surface area contributed by atoms with Crippen LogP contribution in [0.3, 0.4) is 0 Å². The van der Waals surface area contributed by atoms with Crippen molar-refractivity contribution in [3.8, 4) is 11.5 Å². The lowest BCUT2D eigenvalue weighted by Gasteiger charge is -2.36. The van der Waals surface area contributed by atoms with Gasteiger partial charge in [-0.25, -0.2) is 4.79 Å². The van der Waals surface area contributed by atoms with E-state index in [4.69, 9.17) is 14.6 Å². The number of carbonyl (C=O) groups is 2. The maximum atomic E-state index is 12.1. The monoisotopic (exact) mass is 305 g/mol. The average Bonchev–Trinajstić information content (AvgIpc) is 2.69. The van der Waals surface area contributed by atoms with Crippen molar-refractivity contribution < 1.29 is 24.2 Å². The van der Waals surface area contributed by atoms with Crippen LogP contribution in [0.1, 0.15) is 31.2 Å². The van der Waals surface area contributed by atoms with E-state index in [1.807, 2.05) is 12.1 Å². The van der Waals surface area contributed by atoms with Crippen LogP contribution in [0.15, 0.2) is 18.2 Å². The smallest absolute Gasteiger partial charge is 0.394 e. The van der Waals surface area contributed by atoms with Crippen molar-refractivity contribution in [2.75, 3.05) is 7.11 Å². The van der Waals surface area contributed by atoms with Gasteiger partial charge in [0.1, 0.15) is 17.6 Å². The fourth-order valence-corrected chi connectivity index (χ4v) is 3.30. The van der Waals surface area contributed by atoms with Gasteiger partial charge in [-0.1, -0.05) is 6.42 Å². The first kappa shape index (κ1) is 14.7. The number of benzene rings is 1. The number of aliphatic carboxylic acids is 1. The van der Waals surface area contributed by atoms with E-state index in [-0.39, 0.29) is 18.7 Å². The van der Waals surface area contributed by atoms with Crippen LogP contribution in [-0.4, -0.2) is 41.1 Å². The number of hydrogen-bond donors (Lipinski definition) is 1. The molecule has 2 atom stereocenters. The molecule has 1 aromatic rings. The summed E-state index contributed by atoms with van der Waals surface area (Å²) in [4.78, 5) is 24.7. The van der Waals surface area contributed by atoms with Gasteiger partial charge in [0.25, 0.3) is 0 Å². The topological polar surface area (TPSA) is 76.1 Å². The molecular weight excluding hydrogens is 286 g/mol. The van der Waals surface area contributed by atoms with E-state index in [0.717, 1.165) is 31.2 Å². The van der Waals surface area contributed by atoms with E-state index in [0.29, 0.717) is 11.5 Å². The van der Waals surface area contributed by atoms with E-state index >= 15 is 0 Å². The molecular formula is C16H19NO5. The SMILES string of the molecule is COc1ccc2c(c1)CN(C(=O)C(=O)O)C1CCCCC1O2. The molecule has 3 rings (SSSR count). The van der Waals surface area contributed by atoms with Crippen molar-refractivity contribution in [2.45, 2.75) is 44.4 Å². The molecule has 0 saturated heterocycles. The zero-order valence-electron chi connectivity index (χ0n) is 12.4. The quantitative estimate of drug-likeness (QED) is 0.801. The van der Waals surface area contributed by atoms with Gasteiger partial charge in [0, 0.05) is 5.56 Å². The molecule has 1 fully saturated rings. The summed E-state index contributed by atoms with van der Waals surface area (Å²) in [6.45, 7) is 0.235. The van der Waals surface area contributed by atoms with Crippen LogP contribution in [0.25, 0.3) is 0 Å². The van der Waals surface area contributed by atoms with Crippen molar-refractivity contribution >= 4 is 11.9 Å². The minimum atomic E-state index is -1.42. The van der Waals surface area contributed by atoms with Gasteiger partial charge in [0.05, 0.1) is 19.7 Å². The number of methoxy groups -OCH3 is 1. The van der Waals surface area contributed by atoms with Gasteiger partial charge in [0.2, 0.25) is 0 Å². The number of amides is 1. The predicted octanol–water partition coefficient (Wildman–Crippen LogP) is 1.81. The first-order valence-electron chi connectivity index (χ1n) is 7.47. The molecule has 1 heterocycles. The molecule has 22 heavy (non-hydrogen) atoms. The molecule has 2 unspecified atom stereocenters. The molecule has 118 valence electrons.